The van der Waals surface area contributed by atoms with Crippen LogP contribution in [0.15, 0.2) is 29.3 Å². The number of guanidine groups is 1. The number of benzene rings is 1. The summed E-state index contributed by atoms with van der Waals surface area (Å²) in [6, 6.07) is 9.02. The van der Waals surface area contributed by atoms with E-state index >= 15 is 0 Å². The summed E-state index contributed by atoms with van der Waals surface area (Å²) in [5.41, 5.74) is 2.73. The van der Waals surface area contributed by atoms with Crippen LogP contribution in [0.3, 0.4) is 0 Å². The fourth-order valence-corrected chi connectivity index (χ4v) is 3.21. The van der Waals surface area contributed by atoms with Crippen LogP contribution < -0.4 is 10.6 Å². The number of nitrogens with zero attached hydrogens (tertiary/aromatic N) is 2. The summed E-state index contributed by atoms with van der Waals surface area (Å²) in [7, 11) is 1.84. The van der Waals surface area contributed by atoms with Crippen molar-refractivity contribution in [2.75, 3.05) is 26.7 Å². The van der Waals surface area contributed by atoms with Crippen molar-refractivity contribution in [3.63, 3.8) is 0 Å². The Bertz CT molecular complexity index is 531. The van der Waals surface area contributed by atoms with Crippen molar-refractivity contribution in [2.45, 2.75) is 45.7 Å². The van der Waals surface area contributed by atoms with Crippen molar-refractivity contribution in [2.24, 2.45) is 16.8 Å². The van der Waals surface area contributed by atoms with E-state index in [4.69, 9.17) is 0 Å². The van der Waals surface area contributed by atoms with Gasteiger partial charge in [-0.3, -0.25) is 9.89 Å². The molecule has 1 heterocycles. The summed E-state index contributed by atoms with van der Waals surface area (Å²) >= 11 is 0. The van der Waals surface area contributed by atoms with Gasteiger partial charge in [-0.2, -0.15) is 0 Å². The van der Waals surface area contributed by atoms with Crippen LogP contribution in [0.2, 0.25) is 0 Å². The first kappa shape index (κ1) is 20.5. The molecule has 0 amide bonds. The summed E-state index contributed by atoms with van der Waals surface area (Å²) in [5, 5.41) is 6.81. The summed E-state index contributed by atoms with van der Waals surface area (Å²) in [5.74, 6) is 2.67. The van der Waals surface area contributed by atoms with Crippen molar-refractivity contribution < 1.29 is 0 Å². The quantitative estimate of drug-likeness (QED) is 0.391. The van der Waals surface area contributed by atoms with Crippen LogP contribution in [0.1, 0.15) is 43.7 Å². The molecule has 25 heavy (non-hydrogen) atoms. The van der Waals surface area contributed by atoms with E-state index in [2.05, 4.69) is 51.7 Å². The zero-order chi connectivity index (χ0) is 16.8. The van der Waals surface area contributed by atoms with Gasteiger partial charge in [0.15, 0.2) is 5.96 Å². The molecule has 0 aromatic heterocycles. The number of hydrogen-bond donors (Lipinski definition) is 2. The van der Waals surface area contributed by atoms with Crippen LogP contribution in [0.25, 0.3) is 0 Å². The molecule has 140 valence electrons. The highest BCUT2D eigenvalue weighted by Crippen LogP contribution is 2.27. The maximum absolute atomic E-state index is 4.29. The number of hydrogen-bond acceptors (Lipinski definition) is 2. The Balaban J connectivity index is 0.00000225. The normalized spacial score (nSPS) is 19.4. The van der Waals surface area contributed by atoms with Gasteiger partial charge in [-0.05, 0) is 61.7 Å². The van der Waals surface area contributed by atoms with Crippen molar-refractivity contribution >= 4 is 29.9 Å². The molecular weight excluding hydrogens is 423 g/mol. The van der Waals surface area contributed by atoms with E-state index in [9.17, 15) is 0 Å². The van der Waals surface area contributed by atoms with Crippen LogP contribution in [0.5, 0.6) is 0 Å². The first-order valence-electron chi connectivity index (χ1n) is 9.47. The SMILES string of the molecule is CN=C(NCc1ccc(CN2CCC(C)CC2)cc1)NCC1CC1.I. The average Bonchev–Trinajstić information content (AvgIpc) is 3.43. The van der Waals surface area contributed by atoms with Gasteiger partial charge in [0.25, 0.3) is 0 Å². The minimum Gasteiger partial charge on any atom is -0.356 e. The Hall–Kier alpha value is -0.820. The number of rotatable bonds is 6. The molecule has 2 N–H and O–H groups in total. The summed E-state index contributed by atoms with van der Waals surface area (Å²) < 4.78 is 0. The van der Waals surface area contributed by atoms with Crippen molar-refractivity contribution in [1.29, 1.82) is 0 Å². The van der Waals surface area contributed by atoms with Crippen LogP contribution >= 0.6 is 24.0 Å². The summed E-state index contributed by atoms with van der Waals surface area (Å²) in [4.78, 5) is 6.87. The molecule has 2 fully saturated rings. The number of halogens is 1. The van der Waals surface area contributed by atoms with Gasteiger partial charge in [0.2, 0.25) is 0 Å². The topological polar surface area (TPSA) is 39.7 Å². The van der Waals surface area contributed by atoms with Gasteiger partial charge < -0.3 is 10.6 Å². The van der Waals surface area contributed by atoms with E-state index in [1.807, 2.05) is 7.05 Å². The van der Waals surface area contributed by atoms with Crippen molar-refractivity contribution in [1.82, 2.24) is 15.5 Å². The Morgan fingerprint density at radius 3 is 2.28 bits per heavy atom. The Labute approximate surface area is 169 Å². The lowest BCUT2D eigenvalue weighted by atomic mass is 9.99. The molecule has 0 spiro atoms. The van der Waals surface area contributed by atoms with E-state index < -0.39 is 0 Å². The van der Waals surface area contributed by atoms with E-state index in [1.165, 1.54) is 49.9 Å². The maximum atomic E-state index is 4.29. The molecule has 3 rings (SSSR count). The second-order valence-corrected chi connectivity index (χ2v) is 7.53. The van der Waals surface area contributed by atoms with E-state index in [1.54, 1.807) is 0 Å². The molecule has 5 heteroatoms. The summed E-state index contributed by atoms with van der Waals surface area (Å²) in [6.07, 6.45) is 5.41. The van der Waals surface area contributed by atoms with Gasteiger partial charge in [-0.15, -0.1) is 24.0 Å². The van der Waals surface area contributed by atoms with Gasteiger partial charge in [-0.1, -0.05) is 31.2 Å². The highest BCUT2D eigenvalue weighted by atomic mass is 127. The zero-order valence-electron chi connectivity index (χ0n) is 15.6. The second kappa shape index (κ2) is 10.4. The highest BCUT2D eigenvalue weighted by Gasteiger charge is 2.21. The van der Waals surface area contributed by atoms with Gasteiger partial charge in [-0.25, -0.2) is 0 Å². The van der Waals surface area contributed by atoms with Gasteiger partial charge in [0, 0.05) is 26.7 Å². The van der Waals surface area contributed by atoms with Gasteiger partial charge >= 0.3 is 0 Å². The van der Waals surface area contributed by atoms with Gasteiger partial charge in [0.05, 0.1) is 0 Å². The van der Waals surface area contributed by atoms with Gasteiger partial charge in [0.1, 0.15) is 0 Å². The van der Waals surface area contributed by atoms with Crippen LogP contribution in [-0.4, -0.2) is 37.5 Å². The van der Waals surface area contributed by atoms with Crippen LogP contribution in [0.4, 0.5) is 0 Å². The Morgan fingerprint density at radius 2 is 1.68 bits per heavy atom. The number of aliphatic imine (C=N–C) groups is 1. The first-order chi connectivity index (χ1) is 11.7. The molecule has 1 saturated heterocycles. The second-order valence-electron chi connectivity index (χ2n) is 7.53. The fourth-order valence-electron chi connectivity index (χ4n) is 3.21. The minimum atomic E-state index is 0. The average molecular weight is 456 g/mol. The lowest BCUT2D eigenvalue weighted by Crippen LogP contribution is -2.37. The number of piperidine rings is 1. The first-order valence-corrected chi connectivity index (χ1v) is 9.47. The highest BCUT2D eigenvalue weighted by molar-refractivity contribution is 14.0. The predicted octanol–water partition coefficient (Wildman–Crippen LogP) is 3.61. The molecule has 1 saturated carbocycles. The van der Waals surface area contributed by atoms with Crippen molar-refractivity contribution in [3.8, 4) is 0 Å². The molecule has 1 aromatic carbocycles. The third kappa shape index (κ3) is 7.13. The largest absolute Gasteiger partial charge is 0.356 e. The molecular formula is C20H33IN4. The number of likely N-dealkylation sites (tertiary alicyclic amines) is 1. The molecule has 1 aliphatic heterocycles. The fraction of sp³-hybridized carbons (Fsp3) is 0.650. The zero-order valence-corrected chi connectivity index (χ0v) is 18.0. The van der Waals surface area contributed by atoms with E-state index in [0.29, 0.717) is 0 Å². The maximum Gasteiger partial charge on any atom is 0.191 e. The number of nitrogens with one attached hydrogen (secondary N) is 2. The Kier molecular flexibility index (Phi) is 8.49. The molecule has 0 unspecified atom stereocenters. The molecule has 4 nitrogen and oxygen atoms in total. The van der Waals surface area contributed by atoms with Crippen LogP contribution in [-0.2, 0) is 13.1 Å². The van der Waals surface area contributed by atoms with Crippen LogP contribution in [0, 0.1) is 11.8 Å². The third-order valence-corrected chi connectivity index (χ3v) is 5.24. The monoisotopic (exact) mass is 456 g/mol. The molecule has 0 bridgehead atoms. The summed E-state index contributed by atoms with van der Waals surface area (Å²) in [6.45, 7) is 7.82. The van der Waals surface area contributed by atoms with Crippen molar-refractivity contribution in [3.05, 3.63) is 35.4 Å². The predicted molar refractivity (Wildman–Crippen MR) is 116 cm³/mol. The lowest BCUT2D eigenvalue weighted by Gasteiger charge is -2.30. The Morgan fingerprint density at radius 1 is 1.04 bits per heavy atom. The standard InChI is InChI=1S/C20H32N4.HI/c1-16-9-11-24(12-10-16)15-19-7-5-18(6-8-19)14-23-20(21-2)22-13-17-3-4-17;/h5-8,16-17H,3-4,9-15H2,1-2H3,(H2,21,22,23);1H. The molecule has 2 aliphatic rings. The molecule has 1 aliphatic carbocycles. The smallest absolute Gasteiger partial charge is 0.191 e. The minimum absolute atomic E-state index is 0. The van der Waals surface area contributed by atoms with E-state index in [0.717, 1.165) is 37.4 Å². The lowest BCUT2D eigenvalue weighted by molar-refractivity contribution is 0.185. The van der Waals surface area contributed by atoms with E-state index in [-0.39, 0.29) is 24.0 Å². The molecule has 0 atom stereocenters. The molecule has 0 radical (unpaired) electrons. The molecule has 1 aromatic rings. The third-order valence-electron chi connectivity index (χ3n) is 5.24.